The van der Waals surface area contributed by atoms with Gasteiger partial charge in [0.05, 0.1) is 41.4 Å². The van der Waals surface area contributed by atoms with E-state index in [4.69, 9.17) is 4.74 Å². The largest absolute Gasteiger partial charge is 0.507 e. The number of fused-ring (bicyclic) bond motifs is 3. The fourth-order valence-electron chi connectivity index (χ4n) is 6.81. The lowest BCUT2D eigenvalue weighted by Crippen LogP contribution is -2.35. The summed E-state index contributed by atoms with van der Waals surface area (Å²) in [6.45, 7) is 6.00. The number of hydrogen-bond acceptors (Lipinski definition) is 4. The number of phenols is 1. The molecule has 4 atom stereocenters. The number of carbonyl (C=O) groups is 2. The van der Waals surface area contributed by atoms with Crippen molar-refractivity contribution in [2.75, 3.05) is 11.5 Å². The molecule has 2 aromatic carbocycles. The highest BCUT2D eigenvalue weighted by Crippen LogP contribution is 2.52. The first-order valence-corrected chi connectivity index (χ1v) is 15.5. The van der Waals surface area contributed by atoms with Crippen LogP contribution in [0.3, 0.4) is 0 Å². The van der Waals surface area contributed by atoms with Gasteiger partial charge in [-0.1, -0.05) is 53.9 Å². The smallest absolute Gasteiger partial charge is 0.416 e. The first-order chi connectivity index (χ1) is 21.0. The van der Waals surface area contributed by atoms with Gasteiger partial charge < -0.3 is 9.84 Å². The zero-order valence-electron chi connectivity index (χ0n) is 24.7. The molecule has 5 rings (SSSR count). The van der Waals surface area contributed by atoms with Gasteiger partial charge in [-0.25, -0.2) is 4.90 Å². The van der Waals surface area contributed by atoms with Crippen LogP contribution in [0.25, 0.3) is 6.08 Å². The molecule has 2 heterocycles. The van der Waals surface area contributed by atoms with Crippen LogP contribution in [-0.2, 0) is 26.7 Å². The van der Waals surface area contributed by atoms with E-state index in [1.165, 1.54) is 0 Å². The number of anilines is 1. The lowest BCUT2D eigenvalue weighted by Gasteiger charge is -2.33. The minimum atomic E-state index is -5.12. The van der Waals surface area contributed by atoms with E-state index in [9.17, 15) is 41.0 Å². The molecule has 0 aromatic heterocycles. The Labute approximate surface area is 265 Å². The second-order valence-corrected chi connectivity index (χ2v) is 13.0. The third-order valence-corrected chi connectivity index (χ3v) is 9.50. The molecule has 1 aliphatic carbocycles. The summed E-state index contributed by atoms with van der Waals surface area (Å²) in [6, 6.07) is 5.97. The maximum Gasteiger partial charge on any atom is 0.416 e. The average molecular weight is 701 g/mol. The van der Waals surface area contributed by atoms with Crippen LogP contribution in [0.5, 0.6) is 5.75 Å². The van der Waals surface area contributed by atoms with Crippen LogP contribution in [0.15, 0.2) is 57.6 Å². The Kier molecular flexibility index (Phi) is 9.04. The molecule has 0 unspecified atom stereocenters. The summed E-state index contributed by atoms with van der Waals surface area (Å²) in [4.78, 5) is 27.9. The quantitative estimate of drug-likeness (QED) is 0.178. The number of imide groups is 1. The number of rotatable bonds is 7. The number of hydrogen-bond donors (Lipinski definition) is 1. The molecule has 2 amide bonds. The molecule has 2 saturated heterocycles. The number of allylic oxidation sites excluding steroid dienone is 2. The minimum absolute atomic E-state index is 0.0233. The van der Waals surface area contributed by atoms with Crippen molar-refractivity contribution in [2.24, 2.45) is 23.7 Å². The number of ether oxygens (including phenoxy) is 1. The Morgan fingerprint density at radius 2 is 1.67 bits per heavy atom. The molecule has 0 spiro atoms. The third kappa shape index (κ3) is 6.45. The van der Waals surface area contributed by atoms with Gasteiger partial charge in [0, 0.05) is 16.0 Å². The number of halogens is 7. The molecule has 0 bridgehead atoms. The molecule has 3 aliphatic rings. The highest BCUT2D eigenvalue weighted by molar-refractivity contribution is 9.10. The van der Waals surface area contributed by atoms with E-state index in [1.807, 2.05) is 32.9 Å². The molecule has 5 nitrogen and oxygen atoms in total. The maximum atomic E-state index is 13.8. The lowest BCUT2D eigenvalue weighted by atomic mass is 9.67. The van der Waals surface area contributed by atoms with Crippen molar-refractivity contribution >= 4 is 39.5 Å². The van der Waals surface area contributed by atoms with Gasteiger partial charge in [0.25, 0.3) is 0 Å². The number of alkyl halides is 6. The first-order valence-electron chi connectivity index (χ1n) is 14.7. The molecule has 2 aliphatic heterocycles. The number of aromatic hydroxyl groups is 1. The van der Waals surface area contributed by atoms with Gasteiger partial charge in [-0.15, -0.1) is 0 Å². The summed E-state index contributed by atoms with van der Waals surface area (Å²) in [5.41, 5.74) is -0.382. The number of nitrogens with zero attached hydrogens (tertiary/aromatic N) is 1. The molecule has 2 fully saturated rings. The number of carbonyl (C=O) groups excluding carboxylic acids is 2. The number of phenolic OH excluding ortho intramolecular Hbond substituents is 1. The van der Waals surface area contributed by atoms with Crippen molar-refractivity contribution < 1.29 is 45.8 Å². The summed E-state index contributed by atoms with van der Waals surface area (Å²) in [7, 11) is 0. The fourth-order valence-corrected chi connectivity index (χ4v) is 7.19. The number of amides is 2. The van der Waals surface area contributed by atoms with E-state index in [0.717, 1.165) is 21.2 Å². The Morgan fingerprint density at radius 1 is 1.02 bits per heavy atom. The monoisotopic (exact) mass is 699 g/mol. The number of benzene rings is 2. The second-order valence-electron chi connectivity index (χ2n) is 12.1. The molecule has 1 N–H and O–H groups in total. The Morgan fingerprint density at radius 3 is 2.24 bits per heavy atom. The molecule has 242 valence electrons. The average Bonchev–Trinajstić information content (AvgIpc) is 3.49. The van der Waals surface area contributed by atoms with Crippen molar-refractivity contribution in [3.63, 3.8) is 0 Å². The normalized spacial score (nSPS) is 24.2. The minimum Gasteiger partial charge on any atom is -0.507 e. The highest BCUT2D eigenvalue weighted by atomic mass is 79.9. The van der Waals surface area contributed by atoms with Gasteiger partial charge >= 0.3 is 12.4 Å². The molecular weight excluding hydrogens is 668 g/mol. The van der Waals surface area contributed by atoms with Crippen molar-refractivity contribution in [3.8, 4) is 5.75 Å². The summed E-state index contributed by atoms with van der Waals surface area (Å²) >= 11 is 3.41. The fraction of sp³-hybridized carbons (Fsp3) is 0.455. The van der Waals surface area contributed by atoms with Gasteiger partial charge in [0.2, 0.25) is 11.8 Å². The van der Waals surface area contributed by atoms with E-state index < -0.39 is 58.7 Å². The molecule has 45 heavy (non-hydrogen) atoms. The predicted molar refractivity (Wildman–Crippen MR) is 159 cm³/mol. The lowest BCUT2D eigenvalue weighted by molar-refractivity contribution is -0.143. The molecule has 12 heteroatoms. The van der Waals surface area contributed by atoms with Crippen LogP contribution in [0.1, 0.15) is 63.1 Å². The van der Waals surface area contributed by atoms with E-state index in [0.29, 0.717) is 41.9 Å². The summed E-state index contributed by atoms with van der Waals surface area (Å²) in [6.07, 6.45) is -6.65. The van der Waals surface area contributed by atoms with Crippen molar-refractivity contribution in [1.82, 2.24) is 0 Å². The van der Waals surface area contributed by atoms with Gasteiger partial charge in [-0.2, -0.15) is 26.3 Å². The first kappa shape index (κ1) is 33.2. The summed E-state index contributed by atoms with van der Waals surface area (Å²) < 4.78 is 88.6. The molecule has 2 aromatic rings. The van der Waals surface area contributed by atoms with Crippen molar-refractivity contribution in [1.29, 1.82) is 0 Å². The Bertz CT molecular complexity index is 1550. The Balaban J connectivity index is 1.45. The van der Waals surface area contributed by atoms with Crippen molar-refractivity contribution in [2.45, 2.75) is 64.9 Å². The van der Waals surface area contributed by atoms with Gasteiger partial charge in [0.1, 0.15) is 5.75 Å². The van der Waals surface area contributed by atoms with Gasteiger partial charge in [0.15, 0.2) is 0 Å². The zero-order chi connectivity index (χ0) is 33.0. The molecule has 0 radical (unpaired) electrons. The van der Waals surface area contributed by atoms with Crippen LogP contribution in [-0.4, -0.2) is 29.6 Å². The van der Waals surface area contributed by atoms with E-state index in [1.54, 1.807) is 12.1 Å². The summed E-state index contributed by atoms with van der Waals surface area (Å²) in [5, 5.41) is 10.3. The third-order valence-electron chi connectivity index (χ3n) is 9.00. The second kappa shape index (κ2) is 12.2. The van der Waals surface area contributed by atoms with Crippen LogP contribution in [0, 0.1) is 23.7 Å². The SMILES string of the molecule is CC/C(=C\c1cc(Br)ccc1O)CC[C@H]1OC[C@H]2C1=C(C(C)C)C[C@H]1C(=O)N(c3cc(C(F)(F)F)cc(C(F)(F)F)c3)C(=O)[C@H]12. The van der Waals surface area contributed by atoms with Crippen LogP contribution < -0.4 is 4.90 Å². The van der Waals surface area contributed by atoms with Crippen LogP contribution in [0.2, 0.25) is 0 Å². The molecular formula is C33H32BrF6NO4. The standard InChI is InChI=1S/C33H32BrF6NO4/c1-4-17(9-18-10-21(34)6-7-26(18)42)5-8-27-28-23(16(2)3)14-24-29(25(28)15-45-27)31(44)41(30(24)43)22-12-19(32(35,36)37)11-20(13-22)33(38,39)40/h6-7,9-13,16,24-25,27,29,42H,4-5,8,14-15H2,1-3H3/b17-9+/t24-,25+,27-,29-/m1/s1. The van der Waals surface area contributed by atoms with Gasteiger partial charge in [-0.3, -0.25) is 9.59 Å². The topological polar surface area (TPSA) is 66.8 Å². The molecule has 0 saturated carbocycles. The van der Waals surface area contributed by atoms with Gasteiger partial charge in [-0.05, 0) is 73.6 Å². The van der Waals surface area contributed by atoms with Crippen LogP contribution in [0.4, 0.5) is 32.0 Å². The summed E-state index contributed by atoms with van der Waals surface area (Å²) in [5.74, 6) is -3.90. The van der Waals surface area contributed by atoms with Crippen molar-refractivity contribution in [3.05, 3.63) is 74.3 Å². The van der Waals surface area contributed by atoms with Crippen LogP contribution >= 0.6 is 15.9 Å². The Hall–Kier alpha value is -3.12. The predicted octanol–water partition coefficient (Wildman–Crippen LogP) is 8.94. The maximum absolute atomic E-state index is 13.8. The zero-order valence-corrected chi connectivity index (χ0v) is 26.3. The highest BCUT2D eigenvalue weighted by Gasteiger charge is 2.58. The van der Waals surface area contributed by atoms with E-state index in [2.05, 4.69) is 15.9 Å². The van der Waals surface area contributed by atoms with E-state index >= 15 is 0 Å². The van der Waals surface area contributed by atoms with E-state index in [-0.39, 0.29) is 36.9 Å².